The normalized spacial score (nSPS) is 13.8. The Kier molecular flexibility index (Phi) is 7.36. The van der Waals surface area contributed by atoms with E-state index in [9.17, 15) is 8.42 Å². The lowest BCUT2D eigenvalue weighted by Gasteiger charge is -2.26. The third kappa shape index (κ3) is 6.58. The van der Waals surface area contributed by atoms with Crippen molar-refractivity contribution in [3.05, 3.63) is 106 Å². The van der Waals surface area contributed by atoms with Gasteiger partial charge in [-0.3, -0.25) is 0 Å². The van der Waals surface area contributed by atoms with Crippen LogP contribution in [-0.2, 0) is 22.2 Å². The van der Waals surface area contributed by atoms with Crippen LogP contribution in [0.2, 0.25) is 10.0 Å². The van der Waals surface area contributed by atoms with Crippen molar-refractivity contribution in [1.29, 1.82) is 0 Å². The van der Waals surface area contributed by atoms with E-state index in [1.54, 1.807) is 0 Å². The number of rotatable bonds is 8. The molecule has 3 rings (SSSR count). The highest BCUT2D eigenvalue weighted by molar-refractivity contribution is 7.88. The zero-order valence-electron chi connectivity index (χ0n) is 16.1. The predicted octanol–water partition coefficient (Wildman–Crippen LogP) is 5.83. The summed E-state index contributed by atoms with van der Waals surface area (Å²) in [5.74, 6) is -0.106. The summed E-state index contributed by atoms with van der Waals surface area (Å²) in [5.41, 5.74) is 2.87. The summed E-state index contributed by atoms with van der Waals surface area (Å²) >= 11 is 12.0. The van der Waals surface area contributed by atoms with Gasteiger partial charge in [-0.1, -0.05) is 77.8 Å². The first-order valence-corrected chi connectivity index (χ1v) is 11.8. The Morgan fingerprint density at radius 3 is 1.93 bits per heavy atom. The maximum Gasteiger partial charge on any atom is 0.216 e. The van der Waals surface area contributed by atoms with E-state index in [1.807, 2.05) is 85.8 Å². The molecule has 0 heterocycles. The topological polar surface area (TPSA) is 46.2 Å². The maximum absolute atomic E-state index is 12.7. The molecule has 1 N–H and O–H groups in total. The Labute approximate surface area is 182 Å². The second kappa shape index (κ2) is 9.77. The molecule has 0 amide bonds. The number of hydrogen-bond donors (Lipinski definition) is 1. The number of benzene rings is 3. The number of nitrogens with one attached hydrogen (secondary N) is 1. The second-order valence-electron chi connectivity index (χ2n) is 7.14. The van der Waals surface area contributed by atoms with E-state index < -0.39 is 10.0 Å². The molecule has 0 bridgehead atoms. The molecule has 0 aliphatic heterocycles. The first-order chi connectivity index (χ1) is 13.8. The van der Waals surface area contributed by atoms with Crippen molar-refractivity contribution in [2.24, 2.45) is 0 Å². The van der Waals surface area contributed by atoms with Gasteiger partial charge in [-0.2, -0.15) is 0 Å². The molecule has 0 fully saturated rings. The molecule has 0 saturated carbocycles. The molecule has 0 aliphatic rings. The van der Waals surface area contributed by atoms with Gasteiger partial charge in [0.25, 0.3) is 0 Å². The second-order valence-corrected chi connectivity index (χ2v) is 9.77. The first-order valence-electron chi connectivity index (χ1n) is 9.36. The van der Waals surface area contributed by atoms with Crippen molar-refractivity contribution in [2.75, 3.05) is 0 Å². The van der Waals surface area contributed by atoms with Gasteiger partial charge in [0, 0.05) is 22.0 Å². The highest BCUT2D eigenvalue weighted by atomic mass is 35.5. The van der Waals surface area contributed by atoms with Crippen LogP contribution < -0.4 is 4.72 Å². The third-order valence-electron chi connectivity index (χ3n) is 4.84. The minimum atomic E-state index is -3.49. The van der Waals surface area contributed by atoms with E-state index in [0.717, 1.165) is 16.7 Å². The van der Waals surface area contributed by atoms with E-state index in [2.05, 4.69) is 4.72 Å². The first kappa shape index (κ1) is 21.8. The molecule has 0 aromatic heterocycles. The summed E-state index contributed by atoms with van der Waals surface area (Å²) in [4.78, 5) is 0. The van der Waals surface area contributed by atoms with Crippen LogP contribution in [0.15, 0.2) is 78.9 Å². The molecule has 0 spiro atoms. The lowest BCUT2D eigenvalue weighted by molar-refractivity contribution is 0.503. The van der Waals surface area contributed by atoms with Gasteiger partial charge >= 0.3 is 0 Å². The quantitative estimate of drug-likeness (QED) is 0.472. The zero-order valence-corrected chi connectivity index (χ0v) is 18.4. The summed E-state index contributed by atoms with van der Waals surface area (Å²) in [7, 11) is -3.49. The molecule has 3 nitrogen and oxygen atoms in total. The molecule has 2 atom stereocenters. The fourth-order valence-corrected chi connectivity index (χ4v) is 5.07. The van der Waals surface area contributed by atoms with Gasteiger partial charge in [0.15, 0.2) is 0 Å². The Hall–Kier alpha value is -1.85. The van der Waals surface area contributed by atoms with Crippen LogP contribution in [0.4, 0.5) is 0 Å². The molecule has 6 heteroatoms. The van der Waals surface area contributed by atoms with Crippen molar-refractivity contribution in [3.63, 3.8) is 0 Å². The number of halogens is 2. The standard InChI is InChI=1S/C23H23Cl2NO2S/c1-17(26-29(27,28)16-19-5-3-2-4-6-19)23(20-9-13-22(25)14-10-20)15-18-7-11-21(24)12-8-18/h2-14,17,23,26H,15-16H2,1H3. The van der Waals surface area contributed by atoms with Crippen molar-refractivity contribution in [1.82, 2.24) is 4.72 Å². The highest BCUT2D eigenvalue weighted by Gasteiger charge is 2.24. The third-order valence-corrected chi connectivity index (χ3v) is 6.78. The fraction of sp³-hybridized carbons (Fsp3) is 0.217. The lowest BCUT2D eigenvalue weighted by Crippen LogP contribution is -2.38. The molecule has 2 unspecified atom stereocenters. The molecule has 0 radical (unpaired) electrons. The van der Waals surface area contributed by atoms with Crippen LogP contribution in [0, 0.1) is 0 Å². The van der Waals surface area contributed by atoms with Gasteiger partial charge < -0.3 is 0 Å². The van der Waals surface area contributed by atoms with Crippen LogP contribution in [0.1, 0.15) is 29.5 Å². The largest absolute Gasteiger partial charge is 0.216 e. The molecule has 0 saturated heterocycles. The summed E-state index contributed by atoms with van der Waals surface area (Å²) in [5, 5.41) is 1.32. The van der Waals surface area contributed by atoms with Crippen molar-refractivity contribution in [3.8, 4) is 0 Å². The Morgan fingerprint density at radius 1 is 0.793 bits per heavy atom. The van der Waals surface area contributed by atoms with Crippen molar-refractivity contribution < 1.29 is 8.42 Å². The SMILES string of the molecule is CC(NS(=O)(=O)Cc1ccccc1)C(Cc1ccc(Cl)cc1)c1ccc(Cl)cc1. The fourth-order valence-electron chi connectivity index (χ4n) is 3.37. The molecular weight excluding hydrogens is 425 g/mol. The minimum Gasteiger partial charge on any atom is -0.212 e. The van der Waals surface area contributed by atoms with E-state index in [1.165, 1.54) is 0 Å². The van der Waals surface area contributed by atoms with Crippen LogP contribution in [-0.4, -0.2) is 14.5 Å². The van der Waals surface area contributed by atoms with E-state index in [4.69, 9.17) is 23.2 Å². The van der Waals surface area contributed by atoms with Crippen LogP contribution in [0.5, 0.6) is 0 Å². The van der Waals surface area contributed by atoms with Crippen LogP contribution in [0.3, 0.4) is 0 Å². The monoisotopic (exact) mass is 447 g/mol. The number of hydrogen-bond acceptors (Lipinski definition) is 2. The highest BCUT2D eigenvalue weighted by Crippen LogP contribution is 2.27. The minimum absolute atomic E-state index is 0.0491. The van der Waals surface area contributed by atoms with E-state index in [0.29, 0.717) is 16.5 Å². The Bertz CT molecular complexity index is 1020. The van der Waals surface area contributed by atoms with Gasteiger partial charge in [-0.05, 0) is 54.3 Å². The van der Waals surface area contributed by atoms with Crippen molar-refractivity contribution >= 4 is 33.2 Å². The lowest BCUT2D eigenvalue weighted by atomic mass is 9.87. The van der Waals surface area contributed by atoms with Gasteiger partial charge in [0.1, 0.15) is 0 Å². The van der Waals surface area contributed by atoms with Gasteiger partial charge in [0.05, 0.1) is 5.75 Å². The molecule has 0 aliphatic carbocycles. The smallest absolute Gasteiger partial charge is 0.212 e. The molecule has 152 valence electrons. The molecular formula is C23H23Cl2NO2S. The summed E-state index contributed by atoms with van der Waals surface area (Å²) < 4.78 is 28.4. The van der Waals surface area contributed by atoms with Gasteiger partial charge in [0.2, 0.25) is 10.0 Å². The molecule has 3 aromatic carbocycles. The Morgan fingerprint density at radius 2 is 1.34 bits per heavy atom. The summed E-state index contributed by atoms with van der Waals surface area (Å²) in [6.07, 6.45) is 0.674. The summed E-state index contributed by atoms with van der Waals surface area (Å²) in [6.45, 7) is 1.90. The average Bonchev–Trinajstić information content (AvgIpc) is 2.68. The maximum atomic E-state index is 12.7. The summed E-state index contributed by atoms with van der Waals surface area (Å²) in [6, 6.07) is 24.1. The predicted molar refractivity (Wildman–Crippen MR) is 121 cm³/mol. The van der Waals surface area contributed by atoms with Gasteiger partial charge in [-0.25, -0.2) is 13.1 Å². The van der Waals surface area contributed by atoms with Crippen molar-refractivity contribution in [2.45, 2.75) is 31.1 Å². The van der Waals surface area contributed by atoms with Crippen LogP contribution >= 0.6 is 23.2 Å². The molecule has 29 heavy (non-hydrogen) atoms. The van der Waals surface area contributed by atoms with E-state index >= 15 is 0 Å². The number of sulfonamides is 1. The van der Waals surface area contributed by atoms with Gasteiger partial charge in [-0.15, -0.1) is 0 Å². The van der Waals surface area contributed by atoms with Crippen LogP contribution in [0.25, 0.3) is 0 Å². The molecule has 3 aromatic rings. The van der Waals surface area contributed by atoms with E-state index in [-0.39, 0.29) is 17.7 Å². The Balaban J connectivity index is 1.82. The zero-order chi connectivity index (χ0) is 20.9. The average molecular weight is 448 g/mol.